The zero-order valence-electron chi connectivity index (χ0n) is 13.0. The summed E-state index contributed by atoms with van der Waals surface area (Å²) >= 11 is 0. The third-order valence-corrected chi connectivity index (χ3v) is 3.70. The second-order valence-corrected chi connectivity index (χ2v) is 5.68. The van der Waals surface area contributed by atoms with Gasteiger partial charge in [0.2, 0.25) is 0 Å². The van der Waals surface area contributed by atoms with Crippen molar-refractivity contribution in [2.75, 3.05) is 0 Å². The molecule has 0 saturated heterocycles. The first-order chi connectivity index (χ1) is 10.1. The Hall–Kier alpha value is -1.80. The molecule has 0 fully saturated rings. The summed E-state index contributed by atoms with van der Waals surface area (Å²) in [5, 5.41) is 9.76. The van der Waals surface area contributed by atoms with Crippen LogP contribution in [0, 0.1) is 0 Å². The maximum atomic E-state index is 9.76. The van der Waals surface area contributed by atoms with Crippen molar-refractivity contribution in [1.82, 2.24) is 0 Å². The van der Waals surface area contributed by atoms with Crippen LogP contribution < -0.4 is 4.74 Å². The highest BCUT2D eigenvalue weighted by molar-refractivity contribution is 5.29. The van der Waals surface area contributed by atoms with Crippen LogP contribution >= 0.6 is 0 Å². The van der Waals surface area contributed by atoms with Gasteiger partial charge < -0.3 is 9.84 Å². The smallest absolute Gasteiger partial charge is 0.119 e. The molecule has 0 aliphatic heterocycles. The fraction of sp³-hybridized carbons (Fsp3) is 0.368. The van der Waals surface area contributed by atoms with Crippen LogP contribution in [0.4, 0.5) is 0 Å². The van der Waals surface area contributed by atoms with Crippen molar-refractivity contribution in [1.29, 1.82) is 0 Å². The maximum Gasteiger partial charge on any atom is 0.119 e. The number of hydrogen-bond acceptors (Lipinski definition) is 2. The van der Waals surface area contributed by atoms with Crippen LogP contribution in [0.15, 0.2) is 48.5 Å². The van der Waals surface area contributed by atoms with Gasteiger partial charge in [0.25, 0.3) is 0 Å². The number of rotatable bonds is 6. The van der Waals surface area contributed by atoms with Gasteiger partial charge in [0, 0.05) is 0 Å². The molecule has 2 aromatic carbocycles. The summed E-state index contributed by atoms with van der Waals surface area (Å²) in [7, 11) is 0. The summed E-state index contributed by atoms with van der Waals surface area (Å²) < 4.78 is 5.78. The normalized spacial score (nSPS) is 12.4. The van der Waals surface area contributed by atoms with Gasteiger partial charge in [-0.15, -0.1) is 0 Å². The number of aliphatic hydroxyl groups excluding tert-OH is 1. The van der Waals surface area contributed by atoms with E-state index < -0.39 is 0 Å². The van der Waals surface area contributed by atoms with Gasteiger partial charge >= 0.3 is 0 Å². The van der Waals surface area contributed by atoms with E-state index in [1.54, 1.807) is 0 Å². The SMILES string of the molecule is CCC(O)c1ccc(OCc2ccc(C(C)C)cc2)cc1. The topological polar surface area (TPSA) is 29.5 Å². The van der Waals surface area contributed by atoms with Crippen molar-refractivity contribution in [2.24, 2.45) is 0 Å². The lowest BCUT2D eigenvalue weighted by molar-refractivity contribution is 0.173. The Kier molecular flexibility index (Phi) is 5.40. The third kappa shape index (κ3) is 4.33. The second-order valence-electron chi connectivity index (χ2n) is 5.68. The quantitative estimate of drug-likeness (QED) is 0.823. The summed E-state index contributed by atoms with van der Waals surface area (Å²) in [6.07, 6.45) is 0.338. The van der Waals surface area contributed by atoms with E-state index in [4.69, 9.17) is 4.74 Å². The molecule has 21 heavy (non-hydrogen) atoms. The van der Waals surface area contributed by atoms with E-state index in [1.165, 1.54) is 5.56 Å². The van der Waals surface area contributed by atoms with Crippen LogP contribution in [0.1, 0.15) is 55.9 Å². The zero-order chi connectivity index (χ0) is 15.2. The average Bonchev–Trinajstić information content (AvgIpc) is 2.53. The van der Waals surface area contributed by atoms with Crippen LogP contribution in [0.5, 0.6) is 5.75 Å². The molecule has 1 atom stereocenters. The van der Waals surface area contributed by atoms with Crippen molar-refractivity contribution >= 4 is 0 Å². The Morgan fingerprint density at radius 2 is 1.48 bits per heavy atom. The molecule has 112 valence electrons. The number of ether oxygens (including phenoxy) is 1. The fourth-order valence-corrected chi connectivity index (χ4v) is 2.19. The molecule has 1 unspecified atom stereocenters. The summed E-state index contributed by atoms with van der Waals surface area (Å²) in [4.78, 5) is 0. The highest BCUT2D eigenvalue weighted by Gasteiger charge is 2.04. The van der Waals surface area contributed by atoms with Gasteiger partial charge in [0.15, 0.2) is 0 Å². The molecule has 0 amide bonds. The molecule has 2 aromatic rings. The molecule has 2 nitrogen and oxygen atoms in total. The lowest BCUT2D eigenvalue weighted by Crippen LogP contribution is -1.98. The van der Waals surface area contributed by atoms with Crippen molar-refractivity contribution in [3.63, 3.8) is 0 Å². The highest BCUT2D eigenvalue weighted by atomic mass is 16.5. The molecule has 0 spiro atoms. The Bertz CT molecular complexity index is 541. The third-order valence-electron chi connectivity index (χ3n) is 3.70. The fourth-order valence-electron chi connectivity index (χ4n) is 2.19. The summed E-state index contributed by atoms with van der Waals surface area (Å²) in [5.41, 5.74) is 3.44. The van der Waals surface area contributed by atoms with E-state index in [0.29, 0.717) is 12.5 Å². The van der Waals surface area contributed by atoms with Crippen molar-refractivity contribution in [3.8, 4) is 5.75 Å². The minimum Gasteiger partial charge on any atom is -0.489 e. The van der Waals surface area contributed by atoms with Crippen LogP contribution in [0.3, 0.4) is 0 Å². The van der Waals surface area contributed by atoms with E-state index >= 15 is 0 Å². The lowest BCUT2D eigenvalue weighted by Gasteiger charge is -2.11. The van der Waals surface area contributed by atoms with Gasteiger partial charge in [-0.2, -0.15) is 0 Å². The average molecular weight is 284 g/mol. The molecule has 2 rings (SSSR count). The van der Waals surface area contributed by atoms with E-state index in [2.05, 4.69) is 38.1 Å². The van der Waals surface area contributed by atoms with Gasteiger partial charge in [-0.3, -0.25) is 0 Å². The Balaban J connectivity index is 1.93. The summed E-state index contributed by atoms with van der Waals surface area (Å²) in [5.74, 6) is 1.38. The largest absolute Gasteiger partial charge is 0.489 e. The molecule has 0 saturated carbocycles. The molecular weight excluding hydrogens is 260 g/mol. The first-order valence-corrected chi connectivity index (χ1v) is 7.59. The highest BCUT2D eigenvalue weighted by Crippen LogP contribution is 2.21. The molecular formula is C19H24O2. The Morgan fingerprint density at radius 3 is 2.00 bits per heavy atom. The Labute approximate surface area is 127 Å². The predicted molar refractivity (Wildman–Crippen MR) is 86.6 cm³/mol. The van der Waals surface area contributed by atoms with Crippen molar-refractivity contribution in [3.05, 3.63) is 65.2 Å². The first-order valence-electron chi connectivity index (χ1n) is 7.59. The monoisotopic (exact) mass is 284 g/mol. The number of benzene rings is 2. The van der Waals surface area contributed by atoms with Crippen LogP contribution in [-0.4, -0.2) is 5.11 Å². The maximum absolute atomic E-state index is 9.76. The number of hydrogen-bond donors (Lipinski definition) is 1. The molecule has 2 heteroatoms. The van der Waals surface area contributed by atoms with Crippen molar-refractivity contribution in [2.45, 2.75) is 45.8 Å². The summed E-state index contributed by atoms with van der Waals surface area (Å²) in [6.45, 7) is 6.92. The zero-order valence-corrected chi connectivity index (χ0v) is 13.0. The molecule has 0 bridgehead atoms. The molecule has 0 aromatic heterocycles. The van der Waals surface area contributed by atoms with Crippen LogP contribution in [0.2, 0.25) is 0 Å². The van der Waals surface area contributed by atoms with Gasteiger partial charge in [-0.1, -0.05) is 57.2 Å². The standard InChI is InChI=1S/C19H24O2/c1-4-19(20)17-9-11-18(12-10-17)21-13-15-5-7-16(8-6-15)14(2)3/h5-12,14,19-20H,4,13H2,1-3H3. The van der Waals surface area contributed by atoms with Gasteiger partial charge in [-0.05, 0) is 41.2 Å². The van der Waals surface area contributed by atoms with Crippen LogP contribution in [0.25, 0.3) is 0 Å². The van der Waals surface area contributed by atoms with Crippen molar-refractivity contribution < 1.29 is 9.84 Å². The Morgan fingerprint density at radius 1 is 0.905 bits per heavy atom. The van der Waals surface area contributed by atoms with E-state index in [1.807, 2.05) is 31.2 Å². The molecule has 0 radical (unpaired) electrons. The first kappa shape index (κ1) is 15.6. The molecule has 0 aliphatic carbocycles. The van der Waals surface area contributed by atoms with E-state index in [9.17, 15) is 5.11 Å². The van der Waals surface area contributed by atoms with E-state index in [0.717, 1.165) is 23.3 Å². The second kappa shape index (κ2) is 7.28. The van der Waals surface area contributed by atoms with Gasteiger partial charge in [-0.25, -0.2) is 0 Å². The van der Waals surface area contributed by atoms with Gasteiger partial charge in [0.1, 0.15) is 12.4 Å². The molecule has 1 N–H and O–H groups in total. The molecule has 0 heterocycles. The molecule has 0 aliphatic rings. The summed E-state index contributed by atoms with van der Waals surface area (Å²) in [6, 6.07) is 16.2. The predicted octanol–water partition coefficient (Wildman–Crippen LogP) is 4.83. The minimum absolute atomic E-state index is 0.386. The van der Waals surface area contributed by atoms with Gasteiger partial charge in [0.05, 0.1) is 6.10 Å². The van der Waals surface area contributed by atoms with Crippen LogP contribution in [-0.2, 0) is 6.61 Å². The number of aliphatic hydroxyl groups is 1. The van der Waals surface area contributed by atoms with E-state index in [-0.39, 0.29) is 6.10 Å². The lowest BCUT2D eigenvalue weighted by atomic mass is 10.0. The minimum atomic E-state index is -0.386.